The average Bonchev–Trinajstić information content (AvgIpc) is 2.38. The predicted molar refractivity (Wildman–Crippen MR) is 76.3 cm³/mol. The smallest absolute Gasteiger partial charge is 0.338 e. The lowest BCUT2D eigenvalue weighted by atomic mass is 10.2. The number of anilines is 1. The Bertz CT molecular complexity index is 797. The van der Waals surface area contributed by atoms with Gasteiger partial charge in [0, 0.05) is 0 Å². The van der Waals surface area contributed by atoms with E-state index in [1.807, 2.05) is 0 Å². The molecule has 0 bridgehead atoms. The van der Waals surface area contributed by atoms with Crippen LogP contribution in [0, 0.1) is 0 Å². The van der Waals surface area contributed by atoms with Crippen LogP contribution in [0.25, 0.3) is 0 Å². The van der Waals surface area contributed by atoms with Crippen LogP contribution < -0.4 is 4.72 Å². The van der Waals surface area contributed by atoms with Gasteiger partial charge in [-0.3, -0.25) is 4.72 Å². The van der Waals surface area contributed by atoms with Crippen molar-refractivity contribution in [3.8, 4) is 0 Å². The Hall–Kier alpha value is -1.90. The fourth-order valence-corrected chi connectivity index (χ4v) is 3.45. The zero-order valence-corrected chi connectivity index (χ0v) is 12.4. The first kappa shape index (κ1) is 15.5. The molecular weight excluding hydrogens is 341 g/mol. The molecule has 0 aliphatic rings. The molecule has 1 aromatic heterocycles. The second kappa shape index (κ2) is 5.84. The van der Waals surface area contributed by atoms with Gasteiger partial charge in [0.1, 0.15) is 11.2 Å². The van der Waals surface area contributed by atoms with E-state index in [2.05, 4.69) is 14.7 Å². The highest BCUT2D eigenvalue weighted by Crippen LogP contribution is 2.31. The number of hydrogen-bond acceptors (Lipinski definition) is 5. The topological polar surface area (TPSA) is 109 Å². The van der Waals surface area contributed by atoms with Crippen molar-refractivity contribution in [1.82, 2.24) is 9.97 Å². The first-order chi connectivity index (χ1) is 9.83. The normalized spacial score (nSPS) is 11.1. The molecule has 0 radical (unpaired) electrons. The molecule has 0 amide bonds. The lowest BCUT2D eigenvalue weighted by Gasteiger charge is -2.11. The third-order valence-electron chi connectivity index (χ3n) is 2.37. The summed E-state index contributed by atoms with van der Waals surface area (Å²) in [6.07, 6.45) is 3.72. The number of halogens is 2. The highest BCUT2D eigenvalue weighted by molar-refractivity contribution is 7.92. The van der Waals surface area contributed by atoms with Crippen LogP contribution in [0.3, 0.4) is 0 Å². The standard InChI is InChI=1S/C11H7Cl2N3O4S/c12-7-1-2-8(10(13)9(7)11(17)18)21(19,20)16-6-3-14-5-15-4-6/h1-5,16H,(H,17,18). The van der Waals surface area contributed by atoms with Crippen LogP contribution in [-0.4, -0.2) is 29.5 Å². The SMILES string of the molecule is O=C(O)c1c(Cl)ccc(S(=O)(=O)Nc2cncnc2)c1Cl. The van der Waals surface area contributed by atoms with Crippen molar-refractivity contribution in [1.29, 1.82) is 0 Å². The number of nitrogens with one attached hydrogen (secondary N) is 1. The largest absolute Gasteiger partial charge is 0.478 e. The van der Waals surface area contributed by atoms with Crippen molar-refractivity contribution in [2.45, 2.75) is 4.90 Å². The number of hydrogen-bond donors (Lipinski definition) is 2. The summed E-state index contributed by atoms with van der Waals surface area (Å²) in [6, 6.07) is 2.26. The van der Waals surface area contributed by atoms with Gasteiger partial charge in [-0.25, -0.2) is 23.2 Å². The molecule has 0 saturated heterocycles. The quantitative estimate of drug-likeness (QED) is 0.877. The summed E-state index contributed by atoms with van der Waals surface area (Å²) in [5.74, 6) is -1.43. The Labute approximate surface area is 129 Å². The fraction of sp³-hybridized carbons (Fsp3) is 0. The minimum Gasteiger partial charge on any atom is -0.478 e. The summed E-state index contributed by atoms with van der Waals surface area (Å²) < 4.78 is 26.6. The van der Waals surface area contributed by atoms with Crippen molar-refractivity contribution in [3.05, 3.63) is 46.5 Å². The number of carboxylic acids is 1. The van der Waals surface area contributed by atoms with E-state index < -0.39 is 31.5 Å². The minimum absolute atomic E-state index is 0.111. The fourth-order valence-electron chi connectivity index (χ4n) is 1.50. The van der Waals surface area contributed by atoms with Gasteiger partial charge < -0.3 is 5.11 Å². The number of rotatable bonds is 4. The second-order valence-corrected chi connectivity index (χ2v) is 6.21. The van der Waals surface area contributed by atoms with Gasteiger partial charge in [-0.05, 0) is 12.1 Å². The molecule has 0 atom stereocenters. The van der Waals surface area contributed by atoms with Crippen molar-refractivity contribution in [2.75, 3.05) is 4.72 Å². The van der Waals surface area contributed by atoms with Crippen LogP contribution in [-0.2, 0) is 10.0 Å². The molecule has 0 unspecified atom stereocenters. The Balaban J connectivity index is 2.51. The van der Waals surface area contributed by atoms with Gasteiger partial charge in [0.25, 0.3) is 10.0 Å². The molecule has 0 aliphatic carbocycles. The summed E-state index contributed by atoms with van der Waals surface area (Å²) in [5, 5.41) is 8.39. The molecule has 7 nitrogen and oxygen atoms in total. The second-order valence-electron chi connectivity index (χ2n) is 3.77. The van der Waals surface area contributed by atoms with Gasteiger partial charge in [-0.2, -0.15) is 0 Å². The van der Waals surface area contributed by atoms with Crippen molar-refractivity contribution < 1.29 is 18.3 Å². The molecule has 0 saturated carbocycles. The Morgan fingerprint density at radius 3 is 2.38 bits per heavy atom. The maximum atomic E-state index is 12.2. The van der Waals surface area contributed by atoms with Crippen LogP contribution >= 0.6 is 23.2 Å². The van der Waals surface area contributed by atoms with Gasteiger partial charge in [-0.15, -0.1) is 0 Å². The zero-order valence-electron chi connectivity index (χ0n) is 10.1. The van der Waals surface area contributed by atoms with E-state index in [0.29, 0.717) is 0 Å². The molecule has 110 valence electrons. The number of aromatic carboxylic acids is 1. The number of carboxylic acid groups (broad SMARTS) is 1. The molecule has 2 N–H and O–H groups in total. The summed E-state index contributed by atoms with van der Waals surface area (Å²) in [7, 11) is -4.10. The Kier molecular flexibility index (Phi) is 4.31. The number of benzene rings is 1. The lowest BCUT2D eigenvalue weighted by Crippen LogP contribution is -2.15. The molecule has 1 aromatic carbocycles. The van der Waals surface area contributed by atoms with E-state index in [9.17, 15) is 13.2 Å². The van der Waals surface area contributed by atoms with E-state index in [1.54, 1.807) is 0 Å². The van der Waals surface area contributed by atoms with E-state index >= 15 is 0 Å². The zero-order chi connectivity index (χ0) is 15.6. The van der Waals surface area contributed by atoms with E-state index in [-0.39, 0.29) is 10.7 Å². The van der Waals surface area contributed by atoms with Gasteiger partial charge in [0.05, 0.1) is 33.7 Å². The van der Waals surface area contributed by atoms with Crippen LogP contribution in [0.4, 0.5) is 5.69 Å². The molecule has 0 aliphatic heterocycles. The molecule has 0 spiro atoms. The van der Waals surface area contributed by atoms with Crippen LogP contribution in [0.1, 0.15) is 10.4 Å². The van der Waals surface area contributed by atoms with Gasteiger partial charge >= 0.3 is 5.97 Å². The van der Waals surface area contributed by atoms with Crippen molar-refractivity contribution in [2.24, 2.45) is 0 Å². The molecule has 1 heterocycles. The number of nitrogens with zero attached hydrogens (tertiary/aromatic N) is 2. The third kappa shape index (κ3) is 3.23. The Morgan fingerprint density at radius 2 is 1.81 bits per heavy atom. The maximum Gasteiger partial charge on any atom is 0.338 e. The van der Waals surface area contributed by atoms with Crippen molar-refractivity contribution >= 4 is 44.9 Å². The summed E-state index contributed by atoms with van der Waals surface area (Å²) in [5.41, 5.74) is -0.370. The number of carbonyl (C=O) groups is 1. The maximum absolute atomic E-state index is 12.2. The van der Waals surface area contributed by atoms with Crippen LogP contribution in [0.15, 0.2) is 35.7 Å². The summed E-state index contributed by atoms with van der Waals surface area (Å²) in [4.78, 5) is 18.0. The summed E-state index contributed by atoms with van der Waals surface area (Å²) >= 11 is 11.6. The first-order valence-corrected chi connectivity index (χ1v) is 7.56. The Morgan fingerprint density at radius 1 is 1.19 bits per heavy atom. The van der Waals surface area contributed by atoms with Gasteiger partial charge in [-0.1, -0.05) is 23.2 Å². The molecule has 0 fully saturated rings. The lowest BCUT2D eigenvalue weighted by molar-refractivity contribution is 0.0697. The molecule has 21 heavy (non-hydrogen) atoms. The van der Waals surface area contributed by atoms with Gasteiger partial charge in [0.2, 0.25) is 0 Å². The highest BCUT2D eigenvalue weighted by atomic mass is 35.5. The third-order valence-corrected chi connectivity index (χ3v) is 4.62. The summed E-state index contributed by atoms with van der Waals surface area (Å²) in [6.45, 7) is 0. The predicted octanol–water partition coefficient (Wildman–Crippen LogP) is 2.28. The van der Waals surface area contributed by atoms with E-state index in [1.165, 1.54) is 18.7 Å². The van der Waals surface area contributed by atoms with E-state index in [0.717, 1.165) is 12.1 Å². The van der Waals surface area contributed by atoms with E-state index in [4.69, 9.17) is 28.3 Å². The number of sulfonamides is 1. The molecule has 10 heteroatoms. The molecular formula is C11H7Cl2N3O4S. The van der Waals surface area contributed by atoms with Crippen LogP contribution in [0.2, 0.25) is 10.0 Å². The van der Waals surface area contributed by atoms with Crippen LogP contribution in [0.5, 0.6) is 0 Å². The highest BCUT2D eigenvalue weighted by Gasteiger charge is 2.24. The van der Waals surface area contributed by atoms with Crippen molar-refractivity contribution in [3.63, 3.8) is 0 Å². The number of aromatic nitrogens is 2. The van der Waals surface area contributed by atoms with Gasteiger partial charge in [0.15, 0.2) is 0 Å². The molecule has 2 aromatic rings. The minimum atomic E-state index is -4.10. The average molecular weight is 348 g/mol. The molecule has 2 rings (SSSR count). The monoisotopic (exact) mass is 347 g/mol. The first-order valence-electron chi connectivity index (χ1n) is 5.32.